The van der Waals surface area contributed by atoms with Crippen LogP contribution in [0.15, 0.2) is 53.5 Å². The molecule has 2 N–H and O–H groups in total. The van der Waals surface area contributed by atoms with Crippen molar-refractivity contribution in [3.63, 3.8) is 0 Å². The van der Waals surface area contributed by atoms with E-state index < -0.39 is 6.04 Å². The Kier molecular flexibility index (Phi) is 5.65. The molecular formula is C22H24FN5O2. The Bertz CT molecular complexity index is 950. The maximum atomic E-state index is 13.0. The van der Waals surface area contributed by atoms with Crippen molar-refractivity contribution in [1.82, 2.24) is 10.2 Å². The van der Waals surface area contributed by atoms with Gasteiger partial charge in [0.1, 0.15) is 11.9 Å². The summed E-state index contributed by atoms with van der Waals surface area (Å²) in [5, 5.41) is 5.49. The number of hydrogen-bond donors (Lipinski definition) is 2. The van der Waals surface area contributed by atoms with Crippen LogP contribution in [0.5, 0.6) is 0 Å². The highest BCUT2D eigenvalue weighted by molar-refractivity contribution is 6.06. The van der Waals surface area contributed by atoms with E-state index in [1.54, 1.807) is 0 Å². The molecular weight excluding hydrogens is 385 g/mol. The molecule has 4 rings (SSSR count). The molecule has 156 valence electrons. The number of nitrogens with zero attached hydrogens (tertiary/aromatic N) is 3. The molecule has 1 fully saturated rings. The average Bonchev–Trinajstić information content (AvgIpc) is 2.75. The second-order valence-electron chi connectivity index (χ2n) is 7.53. The fourth-order valence-corrected chi connectivity index (χ4v) is 3.58. The monoisotopic (exact) mass is 409 g/mol. The van der Waals surface area contributed by atoms with Gasteiger partial charge in [0.05, 0.1) is 6.42 Å². The third kappa shape index (κ3) is 4.59. The van der Waals surface area contributed by atoms with Gasteiger partial charge in [-0.05, 0) is 43.3 Å². The van der Waals surface area contributed by atoms with Crippen molar-refractivity contribution in [2.75, 3.05) is 36.4 Å². The van der Waals surface area contributed by atoms with Gasteiger partial charge in [-0.15, -0.1) is 0 Å². The molecule has 0 saturated carbocycles. The highest BCUT2D eigenvalue weighted by atomic mass is 19.1. The van der Waals surface area contributed by atoms with Gasteiger partial charge in [-0.25, -0.2) is 9.38 Å². The summed E-state index contributed by atoms with van der Waals surface area (Å²) >= 11 is 0. The third-order valence-corrected chi connectivity index (χ3v) is 5.30. The first kappa shape index (κ1) is 19.9. The fraction of sp³-hybridized carbons (Fsp3) is 0.318. The van der Waals surface area contributed by atoms with Crippen LogP contribution in [0, 0.1) is 12.7 Å². The maximum Gasteiger partial charge on any atom is 0.249 e. The average molecular weight is 409 g/mol. The fourth-order valence-electron chi connectivity index (χ4n) is 3.58. The Labute approximate surface area is 174 Å². The Balaban J connectivity index is 1.40. The summed E-state index contributed by atoms with van der Waals surface area (Å²) in [5.41, 5.74) is 2.86. The summed E-state index contributed by atoms with van der Waals surface area (Å²) in [4.78, 5) is 33.5. The minimum absolute atomic E-state index is 0.0140. The van der Waals surface area contributed by atoms with Crippen molar-refractivity contribution in [2.45, 2.75) is 19.4 Å². The number of benzene rings is 2. The first-order valence-corrected chi connectivity index (χ1v) is 9.98. The van der Waals surface area contributed by atoms with Crippen molar-refractivity contribution in [3.05, 3.63) is 59.9 Å². The third-order valence-electron chi connectivity index (χ3n) is 5.30. The summed E-state index contributed by atoms with van der Waals surface area (Å²) in [6.45, 7) is 5.04. The highest BCUT2D eigenvalue weighted by Gasteiger charge is 2.30. The molecule has 1 atom stereocenters. The summed E-state index contributed by atoms with van der Waals surface area (Å²) in [7, 11) is 0. The van der Waals surface area contributed by atoms with Crippen LogP contribution >= 0.6 is 0 Å². The lowest BCUT2D eigenvalue weighted by Crippen LogP contribution is -2.56. The molecule has 2 aliphatic rings. The van der Waals surface area contributed by atoms with E-state index in [9.17, 15) is 14.0 Å². The van der Waals surface area contributed by atoms with Gasteiger partial charge in [-0.1, -0.05) is 17.7 Å². The summed E-state index contributed by atoms with van der Waals surface area (Å²) in [6.07, 6.45) is -0.0140. The Morgan fingerprint density at radius 3 is 2.33 bits per heavy atom. The lowest BCUT2D eigenvalue weighted by molar-refractivity contribution is -0.125. The standard InChI is InChI=1S/C22H24FN5O2/c1-15-2-8-18(9-3-15)27-10-12-28(13-11-27)22-25-19(14-20(29)26-22)21(30)24-17-6-4-16(23)5-7-17/h2-9,19H,10-14H2,1H3,(H,24,30)(H,25,26,29)/t19-/m1/s1. The molecule has 0 spiro atoms. The summed E-state index contributed by atoms with van der Waals surface area (Å²) in [6, 6.07) is 13.1. The van der Waals surface area contributed by atoms with Gasteiger partial charge in [0, 0.05) is 37.6 Å². The molecule has 2 aromatic rings. The minimum Gasteiger partial charge on any atom is -0.368 e. The highest BCUT2D eigenvalue weighted by Crippen LogP contribution is 2.18. The van der Waals surface area contributed by atoms with Gasteiger partial charge >= 0.3 is 0 Å². The zero-order valence-electron chi connectivity index (χ0n) is 16.8. The van der Waals surface area contributed by atoms with Crippen molar-refractivity contribution in [3.8, 4) is 0 Å². The zero-order valence-corrected chi connectivity index (χ0v) is 16.8. The predicted octanol–water partition coefficient (Wildman–Crippen LogP) is 2.14. The van der Waals surface area contributed by atoms with E-state index in [4.69, 9.17) is 0 Å². The first-order chi connectivity index (χ1) is 14.5. The molecule has 0 aliphatic carbocycles. The smallest absolute Gasteiger partial charge is 0.249 e. The molecule has 2 aliphatic heterocycles. The molecule has 2 amide bonds. The predicted molar refractivity (Wildman–Crippen MR) is 114 cm³/mol. The van der Waals surface area contributed by atoms with Crippen molar-refractivity contribution in [1.29, 1.82) is 0 Å². The second-order valence-corrected chi connectivity index (χ2v) is 7.53. The molecule has 0 unspecified atom stereocenters. The number of guanidine groups is 1. The van der Waals surface area contributed by atoms with Crippen LogP contribution in [0.4, 0.5) is 15.8 Å². The van der Waals surface area contributed by atoms with Crippen LogP contribution < -0.4 is 15.5 Å². The van der Waals surface area contributed by atoms with E-state index in [1.807, 2.05) is 4.90 Å². The van der Waals surface area contributed by atoms with Crippen LogP contribution in [0.1, 0.15) is 12.0 Å². The van der Waals surface area contributed by atoms with Gasteiger partial charge in [0.15, 0.2) is 0 Å². The van der Waals surface area contributed by atoms with Crippen LogP contribution in [-0.2, 0) is 9.59 Å². The lowest BCUT2D eigenvalue weighted by Gasteiger charge is -2.38. The van der Waals surface area contributed by atoms with Crippen molar-refractivity contribution >= 4 is 29.1 Å². The van der Waals surface area contributed by atoms with Gasteiger partial charge in [-0.3, -0.25) is 14.9 Å². The largest absolute Gasteiger partial charge is 0.368 e. The first-order valence-electron chi connectivity index (χ1n) is 9.98. The second kappa shape index (κ2) is 8.52. The van der Waals surface area contributed by atoms with Gasteiger partial charge in [0.2, 0.25) is 17.8 Å². The summed E-state index contributed by atoms with van der Waals surface area (Å²) in [5.74, 6) is -0.559. The Morgan fingerprint density at radius 1 is 1.03 bits per heavy atom. The van der Waals surface area contributed by atoms with Gasteiger partial charge in [-0.2, -0.15) is 0 Å². The van der Waals surface area contributed by atoms with Crippen LogP contribution in [0.25, 0.3) is 0 Å². The number of rotatable bonds is 3. The molecule has 2 aromatic carbocycles. The van der Waals surface area contributed by atoms with Crippen LogP contribution in [-0.4, -0.2) is 54.9 Å². The Hall–Kier alpha value is -3.42. The number of halogens is 1. The number of aliphatic imine (C=N–C) groups is 1. The van der Waals surface area contributed by atoms with E-state index in [-0.39, 0.29) is 24.1 Å². The van der Waals surface area contributed by atoms with Gasteiger partial charge < -0.3 is 15.1 Å². The van der Waals surface area contributed by atoms with Crippen LogP contribution in [0.3, 0.4) is 0 Å². The molecule has 8 heteroatoms. The minimum atomic E-state index is -0.811. The molecule has 0 bridgehead atoms. The van der Waals surface area contributed by atoms with Crippen LogP contribution in [0.2, 0.25) is 0 Å². The zero-order chi connectivity index (χ0) is 21.1. The molecule has 7 nitrogen and oxygen atoms in total. The molecule has 0 aromatic heterocycles. The molecule has 1 saturated heterocycles. The number of carbonyl (C=O) groups is 2. The van der Waals surface area contributed by atoms with E-state index in [0.717, 1.165) is 13.1 Å². The number of hydrogen-bond acceptors (Lipinski definition) is 5. The Morgan fingerprint density at radius 2 is 1.67 bits per heavy atom. The number of carbonyl (C=O) groups excluding carboxylic acids is 2. The molecule has 2 heterocycles. The number of aryl methyl sites for hydroxylation is 1. The molecule has 0 radical (unpaired) electrons. The topological polar surface area (TPSA) is 77.0 Å². The lowest BCUT2D eigenvalue weighted by atomic mass is 10.1. The van der Waals surface area contributed by atoms with E-state index in [2.05, 4.69) is 51.7 Å². The quantitative estimate of drug-likeness (QED) is 0.814. The van der Waals surface area contributed by atoms with E-state index in [1.165, 1.54) is 35.5 Å². The number of amides is 2. The number of anilines is 2. The van der Waals surface area contributed by atoms with Crippen molar-refractivity contribution < 1.29 is 14.0 Å². The van der Waals surface area contributed by atoms with E-state index in [0.29, 0.717) is 24.7 Å². The normalized spacial score (nSPS) is 19.2. The summed E-state index contributed by atoms with van der Waals surface area (Å²) < 4.78 is 13.0. The number of nitrogens with one attached hydrogen (secondary N) is 2. The number of piperazine rings is 1. The maximum absolute atomic E-state index is 13.0. The van der Waals surface area contributed by atoms with Crippen molar-refractivity contribution in [2.24, 2.45) is 4.99 Å². The SMILES string of the molecule is Cc1ccc(N2CCN(C3=N[C@@H](C(=O)Nc4ccc(F)cc4)CC(=O)N3)CC2)cc1. The van der Waals surface area contributed by atoms with E-state index >= 15 is 0 Å². The van der Waals surface area contributed by atoms with Gasteiger partial charge in [0.25, 0.3) is 0 Å². The molecule has 30 heavy (non-hydrogen) atoms.